The molecule has 1 aromatic rings. The first-order valence-corrected chi connectivity index (χ1v) is 11.1. The Balaban J connectivity index is 0.00000480. The number of halogens is 1. The number of aliphatic imine (C=N–C) groups is 1. The number of benzene rings is 1. The van der Waals surface area contributed by atoms with Crippen LogP contribution in [0.25, 0.3) is 0 Å². The first-order valence-electron chi connectivity index (χ1n) is 9.63. The van der Waals surface area contributed by atoms with E-state index < -0.39 is 14.9 Å². The van der Waals surface area contributed by atoms with E-state index >= 15 is 0 Å². The van der Waals surface area contributed by atoms with Gasteiger partial charge >= 0.3 is 0 Å². The van der Waals surface area contributed by atoms with E-state index in [1.165, 1.54) is 18.2 Å². The SMILES string of the molecule is CN=C(NCCNS(=O)(=O)c1cccc([N+](=O)[O-])c1)N1CCC(COCCOC)C1.I. The number of nitro groups is 1. The topological polar surface area (TPSA) is 135 Å². The fraction of sp³-hybridized carbons (Fsp3) is 0.611. The van der Waals surface area contributed by atoms with Crippen LogP contribution in [-0.2, 0) is 19.5 Å². The average molecular weight is 571 g/mol. The summed E-state index contributed by atoms with van der Waals surface area (Å²) in [6.07, 6.45) is 0.993. The summed E-state index contributed by atoms with van der Waals surface area (Å²) in [5.74, 6) is 1.11. The zero-order valence-electron chi connectivity index (χ0n) is 17.7. The Bertz CT molecular complexity index is 838. The molecule has 0 aromatic heterocycles. The summed E-state index contributed by atoms with van der Waals surface area (Å²) in [4.78, 5) is 16.4. The number of non-ortho nitro benzene ring substituents is 1. The van der Waals surface area contributed by atoms with Gasteiger partial charge in [0.15, 0.2) is 5.96 Å². The van der Waals surface area contributed by atoms with Crippen molar-refractivity contribution in [3.8, 4) is 0 Å². The van der Waals surface area contributed by atoms with Crippen LogP contribution in [0.15, 0.2) is 34.2 Å². The predicted octanol–water partition coefficient (Wildman–Crippen LogP) is 1.05. The molecule has 13 heteroatoms. The van der Waals surface area contributed by atoms with Crippen LogP contribution in [0.5, 0.6) is 0 Å². The molecule has 0 saturated carbocycles. The molecule has 1 aliphatic heterocycles. The second-order valence-electron chi connectivity index (χ2n) is 6.79. The molecule has 0 spiro atoms. The number of nitrogens with one attached hydrogen (secondary N) is 2. The van der Waals surface area contributed by atoms with Crippen molar-refractivity contribution in [3.05, 3.63) is 34.4 Å². The summed E-state index contributed by atoms with van der Waals surface area (Å²) in [5, 5.41) is 14.0. The molecule has 1 heterocycles. The van der Waals surface area contributed by atoms with Crippen LogP contribution in [0.1, 0.15) is 6.42 Å². The highest BCUT2D eigenvalue weighted by molar-refractivity contribution is 14.0. The van der Waals surface area contributed by atoms with Gasteiger partial charge in [0.05, 0.1) is 29.6 Å². The van der Waals surface area contributed by atoms with E-state index in [1.807, 2.05) is 0 Å². The third-order valence-electron chi connectivity index (χ3n) is 4.62. The number of rotatable bonds is 11. The molecular weight excluding hydrogens is 541 g/mol. The summed E-state index contributed by atoms with van der Waals surface area (Å²) < 4.78 is 37.7. The summed E-state index contributed by atoms with van der Waals surface area (Å²) >= 11 is 0. The lowest BCUT2D eigenvalue weighted by molar-refractivity contribution is -0.385. The molecule has 1 aliphatic rings. The molecule has 0 bridgehead atoms. The first kappa shape index (κ1) is 27.5. The lowest BCUT2D eigenvalue weighted by Crippen LogP contribution is -2.43. The number of methoxy groups -OCH3 is 1. The van der Waals surface area contributed by atoms with Crippen molar-refractivity contribution >= 4 is 45.6 Å². The smallest absolute Gasteiger partial charge is 0.270 e. The minimum Gasteiger partial charge on any atom is -0.382 e. The van der Waals surface area contributed by atoms with Gasteiger partial charge in [-0.1, -0.05) is 6.07 Å². The molecule has 0 aliphatic carbocycles. The van der Waals surface area contributed by atoms with Crippen LogP contribution in [0.3, 0.4) is 0 Å². The zero-order chi connectivity index (χ0) is 22.0. The number of sulfonamides is 1. The molecule has 2 rings (SSSR count). The molecule has 0 radical (unpaired) electrons. The Morgan fingerprint density at radius 3 is 2.81 bits per heavy atom. The van der Waals surface area contributed by atoms with Crippen LogP contribution < -0.4 is 10.0 Å². The largest absolute Gasteiger partial charge is 0.382 e. The average Bonchev–Trinajstić information content (AvgIpc) is 3.20. The van der Waals surface area contributed by atoms with Gasteiger partial charge in [0.2, 0.25) is 10.0 Å². The lowest BCUT2D eigenvalue weighted by atomic mass is 10.1. The Kier molecular flexibility index (Phi) is 12.2. The van der Waals surface area contributed by atoms with Gasteiger partial charge in [-0.3, -0.25) is 15.1 Å². The van der Waals surface area contributed by atoms with Crippen molar-refractivity contribution in [3.63, 3.8) is 0 Å². The normalized spacial score (nSPS) is 16.8. The van der Waals surface area contributed by atoms with Crippen molar-refractivity contribution in [2.45, 2.75) is 11.3 Å². The Morgan fingerprint density at radius 2 is 2.13 bits per heavy atom. The van der Waals surface area contributed by atoms with Crippen molar-refractivity contribution in [1.82, 2.24) is 14.9 Å². The third kappa shape index (κ3) is 8.84. The van der Waals surface area contributed by atoms with Gasteiger partial charge < -0.3 is 19.7 Å². The minimum atomic E-state index is -3.84. The van der Waals surface area contributed by atoms with E-state index in [2.05, 4.69) is 19.9 Å². The van der Waals surface area contributed by atoms with Gasteiger partial charge in [0.25, 0.3) is 5.69 Å². The number of nitro benzene ring substituents is 1. The van der Waals surface area contributed by atoms with Crippen LogP contribution in [-0.4, -0.2) is 84.4 Å². The molecule has 1 unspecified atom stereocenters. The molecule has 31 heavy (non-hydrogen) atoms. The highest BCUT2D eigenvalue weighted by atomic mass is 127. The number of guanidine groups is 1. The maximum atomic E-state index is 12.3. The number of hydrogen-bond donors (Lipinski definition) is 2. The van der Waals surface area contributed by atoms with Crippen LogP contribution >= 0.6 is 24.0 Å². The monoisotopic (exact) mass is 571 g/mol. The lowest BCUT2D eigenvalue weighted by Gasteiger charge is -2.21. The van der Waals surface area contributed by atoms with Gasteiger partial charge in [0, 0.05) is 58.4 Å². The van der Waals surface area contributed by atoms with Gasteiger partial charge in [-0.25, -0.2) is 13.1 Å². The van der Waals surface area contributed by atoms with Crippen molar-refractivity contribution in [1.29, 1.82) is 0 Å². The molecule has 11 nitrogen and oxygen atoms in total. The number of hydrogen-bond acceptors (Lipinski definition) is 7. The quantitative estimate of drug-likeness (QED) is 0.101. The van der Waals surface area contributed by atoms with E-state index in [0.29, 0.717) is 38.2 Å². The minimum absolute atomic E-state index is 0. The standard InChI is InChI=1S/C18H29N5O6S.HI/c1-19-18(22-9-6-15(13-22)14-29-11-10-28-2)20-7-8-21-30(26,27)17-5-3-4-16(12-17)23(24)25;/h3-5,12,15,21H,6-11,13-14H2,1-2H3,(H,19,20);1H. The highest BCUT2D eigenvalue weighted by Crippen LogP contribution is 2.17. The predicted molar refractivity (Wildman–Crippen MR) is 127 cm³/mol. The molecule has 2 N–H and O–H groups in total. The molecule has 1 aromatic carbocycles. The molecule has 176 valence electrons. The Hall–Kier alpha value is -1.55. The molecule has 0 amide bonds. The van der Waals surface area contributed by atoms with E-state index in [0.717, 1.165) is 25.6 Å². The maximum absolute atomic E-state index is 12.3. The van der Waals surface area contributed by atoms with E-state index in [-0.39, 0.29) is 41.1 Å². The van der Waals surface area contributed by atoms with Crippen LogP contribution in [0, 0.1) is 16.0 Å². The van der Waals surface area contributed by atoms with E-state index in [1.54, 1.807) is 14.2 Å². The molecule has 1 fully saturated rings. The van der Waals surface area contributed by atoms with Gasteiger partial charge in [-0.15, -0.1) is 24.0 Å². The van der Waals surface area contributed by atoms with Crippen molar-refractivity contribution in [2.24, 2.45) is 10.9 Å². The second-order valence-corrected chi connectivity index (χ2v) is 8.56. The summed E-state index contributed by atoms with van der Waals surface area (Å²) in [6.45, 7) is 3.91. The van der Waals surface area contributed by atoms with Crippen molar-refractivity contribution in [2.75, 3.05) is 60.2 Å². The maximum Gasteiger partial charge on any atom is 0.270 e. The van der Waals surface area contributed by atoms with E-state index in [9.17, 15) is 18.5 Å². The highest BCUT2D eigenvalue weighted by Gasteiger charge is 2.25. The second kappa shape index (κ2) is 13.8. The molecule has 1 saturated heterocycles. The van der Waals surface area contributed by atoms with Gasteiger partial charge in [-0.2, -0.15) is 0 Å². The van der Waals surface area contributed by atoms with Crippen molar-refractivity contribution < 1.29 is 22.8 Å². The number of nitrogens with zero attached hydrogens (tertiary/aromatic N) is 3. The van der Waals surface area contributed by atoms with Crippen LogP contribution in [0.4, 0.5) is 5.69 Å². The number of ether oxygens (including phenoxy) is 2. The van der Waals surface area contributed by atoms with Gasteiger partial charge in [0.1, 0.15) is 0 Å². The first-order chi connectivity index (χ1) is 14.4. The van der Waals surface area contributed by atoms with Gasteiger partial charge in [-0.05, 0) is 12.5 Å². The Morgan fingerprint density at radius 1 is 1.35 bits per heavy atom. The van der Waals surface area contributed by atoms with Crippen LogP contribution in [0.2, 0.25) is 0 Å². The molecule has 1 atom stereocenters. The van der Waals surface area contributed by atoms with E-state index in [4.69, 9.17) is 9.47 Å². The summed E-state index contributed by atoms with van der Waals surface area (Å²) in [6, 6.07) is 4.95. The summed E-state index contributed by atoms with van der Waals surface area (Å²) in [5.41, 5.74) is -0.272. The number of likely N-dealkylation sites (tertiary alicyclic amines) is 1. The molecular formula is C18H30IN5O6S. The Labute approximate surface area is 199 Å². The zero-order valence-corrected chi connectivity index (χ0v) is 20.8. The fourth-order valence-electron chi connectivity index (χ4n) is 3.09. The fourth-order valence-corrected chi connectivity index (χ4v) is 4.16. The third-order valence-corrected chi connectivity index (χ3v) is 6.08. The summed E-state index contributed by atoms with van der Waals surface area (Å²) in [7, 11) is -0.521.